The molecule has 1 rings (SSSR count). The van der Waals surface area contributed by atoms with Gasteiger partial charge in [0.1, 0.15) is 11.9 Å². The highest BCUT2D eigenvalue weighted by atomic mass is 15.2. The normalized spacial score (nSPS) is 9.50. The predicted octanol–water partition coefficient (Wildman–Crippen LogP) is 0.00388. The molecule has 0 saturated heterocycles. The second-order valence-electron chi connectivity index (χ2n) is 2.90. The maximum atomic E-state index is 8.53. The van der Waals surface area contributed by atoms with E-state index in [-0.39, 0.29) is 0 Å². The van der Waals surface area contributed by atoms with Crippen molar-refractivity contribution in [1.29, 1.82) is 5.26 Å². The Morgan fingerprint density at radius 3 is 2.79 bits per heavy atom. The lowest BCUT2D eigenvalue weighted by Crippen LogP contribution is -2.27. The molecule has 0 fully saturated rings. The minimum atomic E-state index is 0.343. The summed E-state index contributed by atoms with van der Waals surface area (Å²) >= 11 is 0. The van der Waals surface area contributed by atoms with Gasteiger partial charge in [-0.1, -0.05) is 0 Å². The summed E-state index contributed by atoms with van der Waals surface area (Å²) in [4.78, 5) is 10.0. The van der Waals surface area contributed by atoms with E-state index in [2.05, 4.69) is 15.3 Å². The molecule has 0 aliphatic rings. The monoisotopic (exact) mass is 191 g/mol. The number of nitriles is 1. The summed E-state index contributed by atoms with van der Waals surface area (Å²) in [5.74, 6) is 0.777. The van der Waals surface area contributed by atoms with Gasteiger partial charge in [0, 0.05) is 20.1 Å². The molecular formula is C9H13N5. The minimum absolute atomic E-state index is 0.343. The molecule has 5 nitrogen and oxygen atoms in total. The molecule has 0 aromatic carbocycles. The molecule has 0 radical (unpaired) electrons. The van der Waals surface area contributed by atoms with Crippen molar-refractivity contribution in [3.8, 4) is 6.07 Å². The SMILES string of the molecule is CNCCN(C)c1cnc(C#N)cn1. The molecule has 0 aliphatic heterocycles. The Labute approximate surface area is 83.4 Å². The zero-order valence-electron chi connectivity index (χ0n) is 8.36. The summed E-state index contributed by atoms with van der Waals surface area (Å²) in [6.07, 6.45) is 3.08. The van der Waals surface area contributed by atoms with Crippen molar-refractivity contribution in [2.45, 2.75) is 0 Å². The summed E-state index contributed by atoms with van der Waals surface area (Å²) in [5, 5.41) is 11.6. The Balaban J connectivity index is 2.63. The standard InChI is InChI=1S/C9H13N5/c1-11-3-4-14(2)9-7-12-8(5-10)6-13-9/h6-7,11H,3-4H2,1-2H3. The number of likely N-dealkylation sites (N-methyl/N-ethyl adjacent to an activating group) is 2. The molecule has 1 aromatic heterocycles. The summed E-state index contributed by atoms with van der Waals surface area (Å²) in [6, 6.07) is 1.93. The van der Waals surface area contributed by atoms with E-state index >= 15 is 0 Å². The van der Waals surface area contributed by atoms with Gasteiger partial charge in [-0.3, -0.25) is 0 Å². The van der Waals surface area contributed by atoms with Crippen LogP contribution in [0.25, 0.3) is 0 Å². The first-order valence-corrected chi connectivity index (χ1v) is 4.36. The molecule has 74 valence electrons. The number of aromatic nitrogens is 2. The van der Waals surface area contributed by atoms with E-state index in [1.165, 1.54) is 6.20 Å². The van der Waals surface area contributed by atoms with Crippen LogP contribution in [0.5, 0.6) is 0 Å². The fraction of sp³-hybridized carbons (Fsp3) is 0.444. The van der Waals surface area contributed by atoms with Crippen molar-refractivity contribution in [1.82, 2.24) is 15.3 Å². The van der Waals surface area contributed by atoms with Crippen LogP contribution in [0, 0.1) is 11.3 Å². The largest absolute Gasteiger partial charge is 0.357 e. The van der Waals surface area contributed by atoms with Gasteiger partial charge in [-0.25, -0.2) is 9.97 Å². The van der Waals surface area contributed by atoms with E-state index in [1.807, 2.05) is 25.1 Å². The van der Waals surface area contributed by atoms with Gasteiger partial charge < -0.3 is 10.2 Å². The lowest BCUT2D eigenvalue weighted by Gasteiger charge is -2.16. The second-order valence-corrected chi connectivity index (χ2v) is 2.90. The molecule has 0 atom stereocenters. The Hall–Kier alpha value is -1.67. The zero-order chi connectivity index (χ0) is 10.4. The fourth-order valence-electron chi connectivity index (χ4n) is 0.970. The van der Waals surface area contributed by atoms with Gasteiger partial charge in [0.15, 0.2) is 5.69 Å². The first-order chi connectivity index (χ1) is 6.77. The van der Waals surface area contributed by atoms with E-state index in [1.54, 1.807) is 6.20 Å². The summed E-state index contributed by atoms with van der Waals surface area (Å²) in [5.41, 5.74) is 0.343. The van der Waals surface area contributed by atoms with Crippen molar-refractivity contribution < 1.29 is 0 Å². The van der Waals surface area contributed by atoms with Crippen LogP contribution in [0.15, 0.2) is 12.4 Å². The van der Waals surface area contributed by atoms with Gasteiger partial charge in [-0.2, -0.15) is 5.26 Å². The number of nitrogens with zero attached hydrogens (tertiary/aromatic N) is 4. The quantitative estimate of drug-likeness (QED) is 0.726. The third kappa shape index (κ3) is 2.68. The van der Waals surface area contributed by atoms with Gasteiger partial charge in [0.05, 0.1) is 12.4 Å². The summed E-state index contributed by atoms with van der Waals surface area (Å²) < 4.78 is 0. The number of nitrogens with one attached hydrogen (secondary N) is 1. The van der Waals surface area contributed by atoms with Crippen LogP contribution in [0.4, 0.5) is 5.82 Å². The number of rotatable bonds is 4. The molecule has 0 bridgehead atoms. The fourth-order valence-corrected chi connectivity index (χ4v) is 0.970. The first kappa shape index (κ1) is 10.4. The van der Waals surface area contributed by atoms with Crippen molar-refractivity contribution in [3.63, 3.8) is 0 Å². The van der Waals surface area contributed by atoms with E-state index in [4.69, 9.17) is 5.26 Å². The lowest BCUT2D eigenvalue weighted by molar-refractivity contribution is 0.759. The third-order valence-corrected chi connectivity index (χ3v) is 1.84. The van der Waals surface area contributed by atoms with Gasteiger partial charge in [-0.15, -0.1) is 0 Å². The molecule has 0 amide bonds. The zero-order valence-corrected chi connectivity index (χ0v) is 8.36. The molecule has 0 aliphatic carbocycles. The predicted molar refractivity (Wildman–Crippen MR) is 53.9 cm³/mol. The average Bonchev–Trinajstić information content (AvgIpc) is 2.26. The highest BCUT2D eigenvalue weighted by molar-refractivity contribution is 5.35. The lowest BCUT2D eigenvalue weighted by atomic mass is 10.4. The van der Waals surface area contributed by atoms with Gasteiger partial charge in [0.25, 0.3) is 0 Å². The molecule has 1 aromatic rings. The summed E-state index contributed by atoms with van der Waals surface area (Å²) in [6.45, 7) is 1.75. The molecular weight excluding hydrogens is 178 g/mol. The Kier molecular flexibility index (Phi) is 3.83. The van der Waals surface area contributed by atoms with Crippen LogP contribution < -0.4 is 10.2 Å². The minimum Gasteiger partial charge on any atom is -0.357 e. The highest BCUT2D eigenvalue weighted by Crippen LogP contribution is 2.04. The van der Waals surface area contributed by atoms with Crippen molar-refractivity contribution in [2.75, 3.05) is 32.1 Å². The molecule has 0 spiro atoms. The van der Waals surface area contributed by atoms with Crippen molar-refractivity contribution in [2.24, 2.45) is 0 Å². The van der Waals surface area contributed by atoms with E-state index in [0.717, 1.165) is 18.9 Å². The molecule has 1 heterocycles. The first-order valence-electron chi connectivity index (χ1n) is 4.36. The van der Waals surface area contributed by atoms with Crippen LogP contribution in [0.2, 0.25) is 0 Å². The second kappa shape index (κ2) is 5.14. The molecule has 14 heavy (non-hydrogen) atoms. The maximum absolute atomic E-state index is 8.53. The Morgan fingerprint density at radius 1 is 1.50 bits per heavy atom. The van der Waals surface area contributed by atoms with Gasteiger partial charge in [-0.05, 0) is 7.05 Å². The van der Waals surface area contributed by atoms with E-state index in [9.17, 15) is 0 Å². The van der Waals surface area contributed by atoms with Crippen LogP contribution >= 0.6 is 0 Å². The van der Waals surface area contributed by atoms with Gasteiger partial charge in [0.2, 0.25) is 0 Å². The van der Waals surface area contributed by atoms with E-state index in [0.29, 0.717) is 5.69 Å². The van der Waals surface area contributed by atoms with Crippen LogP contribution in [0.1, 0.15) is 5.69 Å². The average molecular weight is 191 g/mol. The maximum Gasteiger partial charge on any atom is 0.158 e. The highest BCUT2D eigenvalue weighted by Gasteiger charge is 2.01. The molecule has 0 saturated carbocycles. The number of anilines is 1. The Morgan fingerprint density at radius 2 is 2.29 bits per heavy atom. The molecule has 1 N–H and O–H groups in total. The third-order valence-electron chi connectivity index (χ3n) is 1.84. The topological polar surface area (TPSA) is 64.8 Å². The van der Waals surface area contributed by atoms with Crippen LogP contribution in [-0.4, -0.2) is 37.2 Å². The van der Waals surface area contributed by atoms with Crippen molar-refractivity contribution >= 4 is 5.82 Å². The van der Waals surface area contributed by atoms with Gasteiger partial charge >= 0.3 is 0 Å². The van der Waals surface area contributed by atoms with Crippen molar-refractivity contribution in [3.05, 3.63) is 18.1 Å². The van der Waals surface area contributed by atoms with E-state index < -0.39 is 0 Å². The number of hydrogen-bond donors (Lipinski definition) is 1. The number of hydrogen-bond acceptors (Lipinski definition) is 5. The van der Waals surface area contributed by atoms with Crippen LogP contribution in [-0.2, 0) is 0 Å². The summed E-state index contributed by atoms with van der Waals surface area (Å²) in [7, 11) is 3.84. The molecule has 0 unspecified atom stereocenters. The molecule has 5 heteroatoms. The Bertz CT molecular complexity index is 313. The van der Waals surface area contributed by atoms with Crippen LogP contribution in [0.3, 0.4) is 0 Å². The smallest absolute Gasteiger partial charge is 0.158 e.